The summed E-state index contributed by atoms with van der Waals surface area (Å²) in [7, 11) is 1.48. The van der Waals surface area contributed by atoms with Crippen molar-refractivity contribution in [1.29, 1.82) is 0 Å². The highest BCUT2D eigenvalue weighted by molar-refractivity contribution is 7.07. The Morgan fingerprint density at radius 3 is 2.82 bits per heavy atom. The van der Waals surface area contributed by atoms with E-state index in [4.69, 9.17) is 4.84 Å². The minimum Gasteiger partial charge on any atom is -0.316 e. The zero-order chi connectivity index (χ0) is 15.4. The molecule has 3 rings (SSSR count). The minimum atomic E-state index is -0.141. The molecule has 1 aromatic heterocycles. The average molecular weight is 324 g/mol. The molecule has 7 heteroatoms. The number of hydrogen-bond acceptors (Lipinski definition) is 5. The highest BCUT2D eigenvalue weighted by atomic mass is 32.1. The van der Waals surface area contributed by atoms with E-state index in [0.29, 0.717) is 12.6 Å². The molecule has 2 aliphatic rings. The number of piperidine rings is 1. The molecule has 0 radical (unpaired) electrons. The van der Waals surface area contributed by atoms with Crippen LogP contribution < -0.4 is 10.8 Å². The van der Waals surface area contributed by atoms with Crippen LogP contribution in [0.2, 0.25) is 0 Å². The number of rotatable bonds is 5. The molecule has 0 saturated carbocycles. The van der Waals surface area contributed by atoms with E-state index in [9.17, 15) is 4.79 Å². The number of nitrogens with zero attached hydrogens (tertiary/aromatic N) is 2. The van der Waals surface area contributed by atoms with Gasteiger partial charge in [0.2, 0.25) is 0 Å². The standard InChI is InChI=1S/C15H24N4O2S/c1-21-17-15(20)19(10-12-4-7-22-11-12)13-2-5-18(6-3-13)14-8-16-9-14/h4,7,11,13-14,16H,2-3,5-6,8-10H2,1H3,(H,17,20). The van der Waals surface area contributed by atoms with Crippen LogP contribution in [-0.4, -0.2) is 61.2 Å². The van der Waals surface area contributed by atoms with E-state index in [0.717, 1.165) is 39.0 Å². The van der Waals surface area contributed by atoms with E-state index in [1.807, 2.05) is 10.3 Å². The van der Waals surface area contributed by atoms with E-state index in [1.54, 1.807) is 11.3 Å². The van der Waals surface area contributed by atoms with Gasteiger partial charge in [0.05, 0.1) is 7.11 Å². The second-order valence-corrected chi connectivity index (χ2v) is 6.73. The molecule has 3 heterocycles. The molecule has 2 saturated heterocycles. The fraction of sp³-hybridized carbons (Fsp3) is 0.667. The maximum absolute atomic E-state index is 12.3. The molecule has 0 aromatic carbocycles. The van der Waals surface area contributed by atoms with Crippen LogP contribution in [0.4, 0.5) is 4.79 Å². The molecule has 6 nitrogen and oxygen atoms in total. The summed E-state index contributed by atoms with van der Waals surface area (Å²) < 4.78 is 0. The maximum atomic E-state index is 12.3. The third-order valence-electron chi connectivity index (χ3n) is 4.60. The first-order valence-corrected chi connectivity index (χ1v) is 8.77. The van der Waals surface area contributed by atoms with Gasteiger partial charge in [0, 0.05) is 44.8 Å². The molecule has 0 spiro atoms. The Bertz CT molecular complexity index is 470. The number of likely N-dealkylation sites (tertiary alicyclic amines) is 1. The van der Waals surface area contributed by atoms with Crippen molar-refractivity contribution in [2.24, 2.45) is 0 Å². The van der Waals surface area contributed by atoms with Crippen LogP contribution >= 0.6 is 11.3 Å². The van der Waals surface area contributed by atoms with Gasteiger partial charge in [-0.3, -0.25) is 9.74 Å². The number of amides is 2. The monoisotopic (exact) mass is 324 g/mol. The molecule has 122 valence electrons. The van der Waals surface area contributed by atoms with Crippen LogP contribution in [0.15, 0.2) is 16.8 Å². The van der Waals surface area contributed by atoms with E-state index >= 15 is 0 Å². The summed E-state index contributed by atoms with van der Waals surface area (Å²) >= 11 is 1.66. The summed E-state index contributed by atoms with van der Waals surface area (Å²) in [5, 5.41) is 7.47. The quantitative estimate of drug-likeness (QED) is 0.801. The van der Waals surface area contributed by atoms with Crippen molar-refractivity contribution in [3.8, 4) is 0 Å². The lowest BCUT2D eigenvalue weighted by molar-refractivity contribution is 0.0491. The number of hydrogen-bond donors (Lipinski definition) is 2. The molecule has 2 amide bonds. The first kappa shape index (κ1) is 15.7. The van der Waals surface area contributed by atoms with Gasteiger partial charge in [0.15, 0.2) is 0 Å². The van der Waals surface area contributed by atoms with Crippen molar-refractivity contribution >= 4 is 17.4 Å². The summed E-state index contributed by atoms with van der Waals surface area (Å²) in [6, 6.07) is 2.91. The number of hydroxylamine groups is 1. The normalized spacial score (nSPS) is 20.6. The molecule has 1 aromatic rings. The van der Waals surface area contributed by atoms with Crippen LogP contribution in [-0.2, 0) is 11.4 Å². The summed E-state index contributed by atoms with van der Waals surface area (Å²) in [4.78, 5) is 21.6. The Hall–Kier alpha value is -1.15. The first-order chi connectivity index (χ1) is 10.8. The van der Waals surface area contributed by atoms with Crippen LogP contribution in [0, 0.1) is 0 Å². The van der Waals surface area contributed by atoms with Gasteiger partial charge in [0.1, 0.15) is 0 Å². The number of carbonyl (C=O) groups is 1. The number of nitrogens with one attached hydrogen (secondary N) is 2. The summed E-state index contributed by atoms with van der Waals surface area (Å²) in [5.41, 5.74) is 3.66. The van der Waals surface area contributed by atoms with Crippen LogP contribution in [0.5, 0.6) is 0 Å². The molecule has 0 unspecified atom stereocenters. The third-order valence-corrected chi connectivity index (χ3v) is 5.33. The molecule has 0 aliphatic carbocycles. The second kappa shape index (κ2) is 7.41. The summed E-state index contributed by atoms with van der Waals surface area (Å²) in [5.74, 6) is 0. The van der Waals surface area contributed by atoms with Gasteiger partial charge in [-0.15, -0.1) is 0 Å². The van der Waals surface area contributed by atoms with Gasteiger partial charge in [-0.05, 0) is 35.2 Å². The van der Waals surface area contributed by atoms with Gasteiger partial charge in [0.25, 0.3) is 0 Å². The Labute approximate surface area is 135 Å². The lowest BCUT2D eigenvalue weighted by Crippen LogP contribution is -2.60. The van der Waals surface area contributed by atoms with Crippen molar-refractivity contribution < 1.29 is 9.63 Å². The third kappa shape index (κ3) is 3.60. The SMILES string of the molecule is CONC(=O)N(Cc1ccsc1)C1CCN(C2CNC2)CC1. The van der Waals surface area contributed by atoms with Gasteiger partial charge in [-0.1, -0.05) is 0 Å². The topological polar surface area (TPSA) is 56.8 Å². The Kier molecular flexibility index (Phi) is 5.30. The van der Waals surface area contributed by atoms with E-state index in [-0.39, 0.29) is 12.1 Å². The van der Waals surface area contributed by atoms with Crippen LogP contribution in [0.3, 0.4) is 0 Å². The van der Waals surface area contributed by atoms with Crippen molar-refractivity contribution in [2.45, 2.75) is 31.5 Å². The molecular formula is C15H24N4O2S. The predicted molar refractivity (Wildman–Crippen MR) is 86.7 cm³/mol. The zero-order valence-electron chi connectivity index (χ0n) is 13.0. The van der Waals surface area contributed by atoms with Gasteiger partial charge in [-0.2, -0.15) is 11.3 Å². The molecule has 0 atom stereocenters. The highest BCUT2D eigenvalue weighted by Gasteiger charge is 2.32. The predicted octanol–water partition coefficient (Wildman–Crippen LogP) is 1.26. The van der Waals surface area contributed by atoms with Gasteiger partial charge in [-0.25, -0.2) is 10.3 Å². The molecule has 2 aliphatic heterocycles. The number of thiophene rings is 1. The minimum absolute atomic E-state index is 0.141. The molecular weight excluding hydrogens is 300 g/mol. The largest absolute Gasteiger partial charge is 0.341 e. The van der Waals surface area contributed by atoms with E-state index in [1.165, 1.54) is 12.7 Å². The Morgan fingerprint density at radius 1 is 1.50 bits per heavy atom. The van der Waals surface area contributed by atoms with E-state index in [2.05, 4.69) is 27.1 Å². The lowest BCUT2D eigenvalue weighted by atomic mass is 9.99. The van der Waals surface area contributed by atoms with E-state index < -0.39 is 0 Å². The fourth-order valence-corrected chi connectivity index (χ4v) is 3.85. The maximum Gasteiger partial charge on any atom is 0.341 e. The molecule has 2 fully saturated rings. The summed E-state index contributed by atoms with van der Waals surface area (Å²) in [6.45, 7) is 4.99. The smallest absolute Gasteiger partial charge is 0.316 e. The number of urea groups is 1. The number of carbonyl (C=O) groups excluding carboxylic acids is 1. The van der Waals surface area contributed by atoms with Gasteiger partial charge < -0.3 is 10.2 Å². The average Bonchev–Trinajstić information content (AvgIpc) is 2.97. The van der Waals surface area contributed by atoms with Crippen molar-refractivity contribution in [2.75, 3.05) is 33.3 Å². The molecule has 22 heavy (non-hydrogen) atoms. The first-order valence-electron chi connectivity index (χ1n) is 7.83. The van der Waals surface area contributed by atoms with Crippen molar-refractivity contribution in [3.63, 3.8) is 0 Å². The van der Waals surface area contributed by atoms with Gasteiger partial charge >= 0.3 is 6.03 Å². The Balaban J connectivity index is 1.60. The highest BCUT2D eigenvalue weighted by Crippen LogP contribution is 2.22. The van der Waals surface area contributed by atoms with Crippen LogP contribution in [0.1, 0.15) is 18.4 Å². The lowest BCUT2D eigenvalue weighted by Gasteiger charge is -2.44. The molecule has 0 bridgehead atoms. The van der Waals surface area contributed by atoms with Crippen molar-refractivity contribution in [1.82, 2.24) is 20.6 Å². The van der Waals surface area contributed by atoms with Crippen molar-refractivity contribution in [3.05, 3.63) is 22.4 Å². The zero-order valence-corrected chi connectivity index (χ0v) is 13.8. The second-order valence-electron chi connectivity index (χ2n) is 5.95. The Morgan fingerprint density at radius 2 is 2.27 bits per heavy atom. The van der Waals surface area contributed by atoms with Crippen LogP contribution in [0.25, 0.3) is 0 Å². The fourth-order valence-electron chi connectivity index (χ4n) is 3.19. The molecule has 2 N–H and O–H groups in total. The summed E-state index contributed by atoms with van der Waals surface area (Å²) in [6.07, 6.45) is 2.05.